The van der Waals surface area contributed by atoms with Crippen molar-refractivity contribution in [3.63, 3.8) is 0 Å². The molecule has 0 saturated carbocycles. The van der Waals surface area contributed by atoms with Crippen molar-refractivity contribution >= 4 is 21.3 Å². The second-order valence-corrected chi connectivity index (χ2v) is 6.74. The molecule has 1 rings (SSSR count). The first-order chi connectivity index (χ1) is 9.71. The summed E-state index contributed by atoms with van der Waals surface area (Å²) < 4.78 is 15.7. The summed E-state index contributed by atoms with van der Waals surface area (Å²) in [5.74, 6) is -0.284. The first kappa shape index (κ1) is 16.6. The zero-order valence-electron chi connectivity index (χ0n) is 12.1. The fraction of sp³-hybridized carbons (Fsp3) is 0.400. The summed E-state index contributed by atoms with van der Waals surface area (Å²) in [5, 5.41) is 0. The molecule has 0 fully saturated rings. The molecule has 0 aromatic heterocycles. The van der Waals surface area contributed by atoms with Gasteiger partial charge in [0.25, 0.3) is 0 Å². The van der Waals surface area contributed by atoms with Crippen molar-refractivity contribution in [2.75, 3.05) is 20.8 Å². The molecule has 0 aliphatic carbocycles. The lowest BCUT2D eigenvalue weighted by atomic mass is 10.1. The lowest BCUT2D eigenvalue weighted by Crippen LogP contribution is -2.18. The minimum Gasteiger partial charge on any atom is -0.462 e. The monoisotopic (exact) mass is 294 g/mol. The van der Waals surface area contributed by atoms with Gasteiger partial charge >= 0.3 is 15.3 Å². The summed E-state index contributed by atoms with van der Waals surface area (Å²) in [6.45, 7) is 4.10. The zero-order valence-corrected chi connectivity index (χ0v) is 13.3. The molecule has 0 aliphatic heterocycles. The molecule has 0 radical (unpaired) electrons. The molecule has 1 aromatic carbocycles. The molecular formula is C15H22O4Si. The lowest BCUT2D eigenvalue weighted by Gasteiger charge is -2.10. The highest BCUT2D eigenvalue weighted by Gasteiger charge is 2.09. The number of esters is 1. The number of unbranched alkanes of at least 4 members (excludes halogenated alkanes) is 1. The van der Waals surface area contributed by atoms with Gasteiger partial charge in [-0.25, -0.2) is 4.79 Å². The standard InChI is InChI=1S/C15H22O4Si/c1-4-13-7-9-14(10-8-13)15(16)19-11-5-6-12-20(17-2)18-3/h4,7-10,20H,1,5-6,11-12H2,2-3H3. The predicted molar refractivity (Wildman–Crippen MR) is 82.0 cm³/mol. The van der Waals surface area contributed by atoms with Gasteiger partial charge in [0.1, 0.15) is 0 Å². The molecule has 0 atom stereocenters. The number of carbonyl (C=O) groups is 1. The van der Waals surface area contributed by atoms with Crippen LogP contribution in [-0.2, 0) is 13.6 Å². The Bertz CT molecular complexity index is 412. The Labute approximate surface area is 122 Å². The van der Waals surface area contributed by atoms with Crippen molar-refractivity contribution in [2.24, 2.45) is 0 Å². The number of rotatable bonds is 9. The maximum Gasteiger partial charge on any atom is 0.338 e. The molecule has 20 heavy (non-hydrogen) atoms. The third-order valence-electron chi connectivity index (χ3n) is 2.98. The van der Waals surface area contributed by atoms with E-state index in [-0.39, 0.29) is 5.97 Å². The van der Waals surface area contributed by atoms with Crippen LogP contribution in [0.15, 0.2) is 30.8 Å². The van der Waals surface area contributed by atoms with E-state index in [1.807, 2.05) is 12.1 Å². The fourth-order valence-electron chi connectivity index (χ4n) is 1.75. The molecular weight excluding hydrogens is 272 g/mol. The van der Waals surface area contributed by atoms with Gasteiger partial charge in [0.15, 0.2) is 0 Å². The van der Waals surface area contributed by atoms with Crippen LogP contribution in [0.5, 0.6) is 0 Å². The van der Waals surface area contributed by atoms with Crippen molar-refractivity contribution in [1.29, 1.82) is 0 Å². The van der Waals surface area contributed by atoms with Crippen LogP contribution in [-0.4, -0.2) is 36.1 Å². The summed E-state index contributed by atoms with van der Waals surface area (Å²) >= 11 is 0. The van der Waals surface area contributed by atoms with Crippen LogP contribution < -0.4 is 0 Å². The Morgan fingerprint density at radius 1 is 1.20 bits per heavy atom. The molecule has 0 bridgehead atoms. The predicted octanol–water partition coefficient (Wildman–Crippen LogP) is 2.78. The molecule has 0 saturated heterocycles. The average Bonchev–Trinajstić information content (AvgIpc) is 2.50. The molecule has 0 aliphatic rings. The third-order valence-corrected chi connectivity index (χ3v) is 4.91. The van der Waals surface area contributed by atoms with E-state index >= 15 is 0 Å². The van der Waals surface area contributed by atoms with Crippen LogP contribution in [0.2, 0.25) is 6.04 Å². The van der Waals surface area contributed by atoms with Gasteiger partial charge in [-0.05, 0) is 36.6 Å². The second kappa shape index (κ2) is 9.47. The van der Waals surface area contributed by atoms with Crippen LogP contribution in [0, 0.1) is 0 Å². The van der Waals surface area contributed by atoms with E-state index in [0.717, 1.165) is 24.4 Å². The van der Waals surface area contributed by atoms with E-state index in [0.29, 0.717) is 12.2 Å². The number of benzene rings is 1. The first-order valence-corrected chi connectivity index (χ1v) is 8.42. The van der Waals surface area contributed by atoms with Crippen LogP contribution >= 0.6 is 0 Å². The van der Waals surface area contributed by atoms with Crippen molar-refractivity contribution in [2.45, 2.75) is 18.9 Å². The van der Waals surface area contributed by atoms with Crippen molar-refractivity contribution in [1.82, 2.24) is 0 Å². The van der Waals surface area contributed by atoms with E-state index in [9.17, 15) is 4.79 Å². The van der Waals surface area contributed by atoms with Crippen LogP contribution in [0.25, 0.3) is 6.08 Å². The Balaban J connectivity index is 2.24. The number of hydrogen-bond donors (Lipinski definition) is 0. The molecule has 0 N–H and O–H groups in total. The van der Waals surface area contributed by atoms with E-state index in [4.69, 9.17) is 13.6 Å². The number of ether oxygens (including phenoxy) is 1. The van der Waals surface area contributed by atoms with Crippen LogP contribution in [0.4, 0.5) is 0 Å². The zero-order chi connectivity index (χ0) is 14.8. The lowest BCUT2D eigenvalue weighted by molar-refractivity contribution is 0.0499. The number of carbonyl (C=O) groups excluding carboxylic acids is 1. The molecule has 1 aromatic rings. The Hall–Kier alpha value is -1.43. The van der Waals surface area contributed by atoms with E-state index in [2.05, 4.69) is 6.58 Å². The van der Waals surface area contributed by atoms with Gasteiger partial charge in [0.05, 0.1) is 12.2 Å². The Morgan fingerprint density at radius 3 is 2.40 bits per heavy atom. The molecule has 0 spiro atoms. The first-order valence-electron chi connectivity index (χ1n) is 6.66. The Morgan fingerprint density at radius 2 is 1.85 bits per heavy atom. The summed E-state index contributed by atoms with van der Waals surface area (Å²) in [6.07, 6.45) is 3.51. The average molecular weight is 294 g/mol. The van der Waals surface area contributed by atoms with E-state index < -0.39 is 9.28 Å². The van der Waals surface area contributed by atoms with Crippen LogP contribution in [0.3, 0.4) is 0 Å². The second-order valence-electron chi connectivity index (χ2n) is 4.36. The van der Waals surface area contributed by atoms with Crippen molar-refractivity contribution in [3.8, 4) is 0 Å². The highest BCUT2D eigenvalue weighted by molar-refractivity contribution is 6.44. The molecule has 0 amide bonds. The van der Waals surface area contributed by atoms with E-state index in [1.165, 1.54) is 0 Å². The van der Waals surface area contributed by atoms with Gasteiger partial charge in [-0.1, -0.05) is 24.8 Å². The largest absolute Gasteiger partial charge is 0.462 e. The van der Waals surface area contributed by atoms with Gasteiger partial charge in [-0.2, -0.15) is 0 Å². The minimum absolute atomic E-state index is 0.284. The highest BCUT2D eigenvalue weighted by Crippen LogP contribution is 2.08. The summed E-state index contributed by atoms with van der Waals surface area (Å²) in [4.78, 5) is 11.8. The molecule has 110 valence electrons. The third kappa shape index (κ3) is 5.69. The van der Waals surface area contributed by atoms with Crippen molar-refractivity contribution < 1.29 is 18.4 Å². The van der Waals surface area contributed by atoms with Gasteiger partial charge in [0.2, 0.25) is 0 Å². The smallest absolute Gasteiger partial charge is 0.338 e. The number of hydrogen-bond acceptors (Lipinski definition) is 4. The summed E-state index contributed by atoms with van der Waals surface area (Å²) in [7, 11) is 1.87. The van der Waals surface area contributed by atoms with Gasteiger partial charge < -0.3 is 13.6 Å². The van der Waals surface area contributed by atoms with Crippen LogP contribution in [0.1, 0.15) is 28.8 Å². The fourth-order valence-corrected chi connectivity index (χ4v) is 3.03. The van der Waals surface area contributed by atoms with Gasteiger partial charge in [0, 0.05) is 14.2 Å². The molecule has 0 heterocycles. The molecule has 5 heteroatoms. The molecule has 4 nitrogen and oxygen atoms in total. The highest BCUT2D eigenvalue weighted by atomic mass is 28.3. The molecule has 0 unspecified atom stereocenters. The summed E-state index contributed by atoms with van der Waals surface area (Å²) in [5.41, 5.74) is 1.55. The minimum atomic E-state index is -1.48. The van der Waals surface area contributed by atoms with Crippen molar-refractivity contribution in [3.05, 3.63) is 42.0 Å². The maximum atomic E-state index is 11.8. The maximum absolute atomic E-state index is 11.8. The van der Waals surface area contributed by atoms with Gasteiger partial charge in [-0.15, -0.1) is 0 Å². The summed E-state index contributed by atoms with van der Waals surface area (Å²) in [6, 6.07) is 8.11. The topological polar surface area (TPSA) is 44.8 Å². The van der Waals surface area contributed by atoms with Gasteiger partial charge in [-0.3, -0.25) is 0 Å². The SMILES string of the molecule is C=Cc1ccc(C(=O)OCCCC[SiH](OC)OC)cc1. The van der Waals surface area contributed by atoms with E-state index in [1.54, 1.807) is 32.4 Å². The quantitative estimate of drug-likeness (QED) is 0.399. The Kier molecular flexibility index (Phi) is 7.87. The normalized spacial score (nSPS) is 10.6.